The number of ether oxygens (including phenoxy) is 1. The van der Waals surface area contributed by atoms with Crippen LogP contribution in [0.3, 0.4) is 0 Å². The van der Waals surface area contributed by atoms with Crippen LogP contribution < -0.4 is 4.74 Å². The summed E-state index contributed by atoms with van der Waals surface area (Å²) in [6.07, 6.45) is 1.62. The van der Waals surface area contributed by atoms with E-state index >= 15 is 0 Å². The smallest absolute Gasteiger partial charge is 0.387 e. The zero-order valence-corrected chi connectivity index (χ0v) is 17.6. The van der Waals surface area contributed by atoms with Crippen LogP contribution in [0, 0.1) is 0 Å². The standard InChI is InChI=1S/C26H25F2NO2/c1-3-29(4-2)25(30)23(18-22-12-8-9-13-24(22)31-26(27)28)21-16-14-20(15-17-21)19-10-6-5-7-11-19/h5-18,26H,3-4H2,1-2H3/b23-18+. The minimum Gasteiger partial charge on any atom is -0.434 e. The number of carbonyl (C=O) groups excluding carboxylic acids is 1. The second kappa shape index (κ2) is 10.5. The van der Waals surface area contributed by atoms with Crippen molar-refractivity contribution < 1.29 is 18.3 Å². The molecule has 31 heavy (non-hydrogen) atoms. The van der Waals surface area contributed by atoms with Crippen LogP contribution in [-0.4, -0.2) is 30.5 Å². The molecule has 0 saturated carbocycles. The highest BCUT2D eigenvalue weighted by molar-refractivity contribution is 6.24. The maximum absolute atomic E-state index is 13.3. The number of alkyl halides is 2. The molecule has 0 heterocycles. The zero-order chi connectivity index (χ0) is 22.2. The average molecular weight is 421 g/mol. The van der Waals surface area contributed by atoms with Gasteiger partial charge in [0.05, 0.1) is 0 Å². The topological polar surface area (TPSA) is 29.5 Å². The first-order valence-corrected chi connectivity index (χ1v) is 10.2. The summed E-state index contributed by atoms with van der Waals surface area (Å²) in [5, 5.41) is 0. The molecular formula is C26H25F2NO2. The Labute approximate surface area is 181 Å². The van der Waals surface area contributed by atoms with E-state index in [0.717, 1.165) is 11.1 Å². The van der Waals surface area contributed by atoms with Crippen LogP contribution in [0.25, 0.3) is 22.8 Å². The molecule has 0 spiro atoms. The predicted octanol–water partition coefficient (Wildman–Crippen LogP) is 6.36. The van der Waals surface area contributed by atoms with E-state index in [1.807, 2.05) is 68.4 Å². The first-order chi connectivity index (χ1) is 15.0. The maximum atomic E-state index is 13.3. The SMILES string of the molecule is CCN(CC)C(=O)/C(=C/c1ccccc1OC(F)F)c1ccc(-c2ccccc2)cc1. The molecule has 3 nitrogen and oxygen atoms in total. The van der Waals surface area contributed by atoms with Gasteiger partial charge in [0.15, 0.2) is 0 Å². The van der Waals surface area contributed by atoms with Crippen molar-refractivity contribution >= 4 is 17.6 Å². The van der Waals surface area contributed by atoms with Gasteiger partial charge >= 0.3 is 6.61 Å². The number of rotatable bonds is 8. The highest BCUT2D eigenvalue weighted by atomic mass is 19.3. The lowest BCUT2D eigenvalue weighted by atomic mass is 9.97. The fourth-order valence-corrected chi connectivity index (χ4v) is 3.38. The molecule has 0 bridgehead atoms. The second-order valence-electron chi connectivity index (χ2n) is 6.90. The summed E-state index contributed by atoms with van der Waals surface area (Å²) < 4.78 is 30.3. The third-order valence-electron chi connectivity index (χ3n) is 5.02. The Bertz CT molecular complexity index is 1030. The van der Waals surface area contributed by atoms with Gasteiger partial charge in [-0.2, -0.15) is 8.78 Å². The van der Waals surface area contributed by atoms with Crippen LogP contribution >= 0.6 is 0 Å². The molecule has 0 N–H and O–H groups in total. The van der Waals surface area contributed by atoms with Gasteiger partial charge in [-0.3, -0.25) is 4.79 Å². The van der Waals surface area contributed by atoms with Crippen LogP contribution in [0.4, 0.5) is 8.78 Å². The molecule has 3 rings (SSSR count). The number of benzene rings is 3. The molecule has 0 aromatic heterocycles. The van der Waals surface area contributed by atoms with Crippen molar-refractivity contribution in [2.24, 2.45) is 0 Å². The summed E-state index contributed by atoms with van der Waals surface area (Å²) in [7, 11) is 0. The number of hydrogen-bond donors (Lipinski definition) is 0. The molecule has 3 aromatic rings. The molecule has 160 valence electrons. The van der Waals surface area contributed by atoms with Crippen LogP contribution in [0.5, 0.6) is 5.75 Å². The van der Waals surface area contributed by atoms with E-state index in [-0.39, 0.29) is 11.7 Å². The van der Waals surface area contributed by atoms with E-state index < -0.39 is 6.61 Å². The largest absolute Gasteiger partial charge is 0.434 e. The predicted molar refractivity (Wildman–Crippen MR) is 121 cm³/mol. The number of likely N-dealkylation sites (N-methyl/N-ethyl adjacent to an activating group) is 1. The lowest BCUT2D eigenvalue weighted by molar-refractivity contribution is -0.124. The van der Waals surface area contributed by atoms with Gasteiger partial charge in [-0.05, 0) is 42.7 Å². The molecule has 0 aliphatic carbocycles. The Hall–Kier alpha value is -3.47. The van der Waals surface area contributed by atoms with Crippen molar-refractivity contribution in [1.29, 1.82) is 0 Å². The van der Waals surface area contributed by atoms with Gasteiger partial charge in [-0.15, -0.1) is 0 Å². The Morgan fingerprint density at radius 1 is 0.871 bits per heavy atom. The lowest BCUT2D eigenvalue weighted by Gasteiger charge is -2.21. The third kappa shape index (κ3) is 5.57. The van der Waals surface area contributed by atoms with E-state index in [1.54, 1.807) is 29.2 Å². The second-order valence-corrected chi connectivity index (χ2v) is 6.90. The highest BCUT2D eigenvalue weighted by Gasteiger charge is 2.19. The van der Waals surface area contributed by atoms with Gasteiger partial charge in [0.2, 0.25) is 0 Å². The van der Waals surface area contributed by atoms with Crippen LogP contribution in [0.2, 0.25) is 0 Å². The minimum atomic E-state index is -2.94. The van der Waals surface area contributed by atoms with Gasteiger partial charge < -0.3 is 9.64 Å². The third-order valence-corrected chi connectivity index (χ3v) is 5.02. The van der Waals surface area contributed by atoms with Crippen LogP contribution in [-0.2, 0) is 4.79 Å². The number of hydrogen-bond acceptors (Lipinski definition) is 2. The lowest BCUT2D eigenvalue weighted by Crippen LogP contribution is -2.31. The van der Waals surface area contributed by atoms with Gasteiger partial charge in [0, 0.05) is 24.2 Å². The quantitative estimate of drug-likeness (QED) is 0.313. The zero-order valence-electron chi connectivity index (χ0n) is 17.6. The normalized spacial score (nSPS) is 11.5. The molecule has 5 heteroatoms. The summed E-state index contributed by atoms with van der Waals surface area (Å²) in [5.74, 6) is -0.132. The van der Waals surface area contributed by atoms with E-state index in [9.17, 15) is 13.6 Å². The number of amides is 1. The Morgan fingerprint density at radius 3 is 2.06 bits per heavy atom. The highest BCUT2D eigenvalue weighted by Crippen LogP contribution is 2.29. The van der Waals surface area contributed by atoms with Crippen molar-refractivity contribution in [1.82, 2.24) is 4.90 Å². The maximum Gasteiger partial charge on any atom is 0.387 e. The van der Waals surface area contributed by atoms with Crippen molar-refractivity contribution in [2.45, 2.75) is 20.5 Å². The van der Waals surface area contributed by atoms with E-state index in [2.05, 4.69) is 4.74 Å². The molecule has 0 atom stereocenters. The number of para-hydroxylation sites is 1. The summed E-state index contributed by atoms with van der Waals surface area (Å²) in [4.78, 5) is 15.0. The molecule has 0 aliphatic rings. The van der Waals surface area contributed by atoms with Gasteiger partial charge in [-0.25, -0.2) is 0 Å². The minimum absolute atomic E-state index is 0.0308. The summed E-state index contributed by atoms with van der Waals surface area (Å²) in [6.45, 7) is 1.96. The molecule has 0 saturated heterocycles. The molecule has 0 radical (unpaired) electrons. The van der Waals surface area contributed by atoms with Gasteiger partial charge in [-0.1, -0.05) is 72.8 Å². The first-order valence-electron chi connectivity index (χ1n) is 10.2. The van der Waals surface area contributed by atoms with E-state index in [0.29, 0.717) is 29.8 Å². The molecule has 1 amide bonds. The number of nitrogens with zero attached hydrogens (tertiary/aromatic N) is 1. The van der Waals surface area contributed by atoms with E-state index in [1.165, 1.54) is 6.07 Å². The fourth-order valence-electron chi connectivity index (χ4n) is 3.38. The van der Waals surface area contributed by atoms with Crippen molar-refractivity contribution in [2.75, 3.05) is 13.1 Å². The van der Waals surface area contributed by atoms with Crippen molar-refractivity contribution in [3.05, 3.63) is 90.0 Å². The Morgan fingerprint density at radius 2 is 1.45 bits per heavy atom. The Balaban J connectivity index is 2.06. The summed E-state index contributed by atoms with van der Waals surface area (Å²) in [6, 6.07) is 24.1. The Kier molecular flexibility index (Phi) is 7.55. The number of halogens is 2. The molecule has 0 fully saturated rings. The van der Waals surface area contributed by atoms with Gasteiger partial charge in [0.25, 0.3) is 5.91 Å². The van der Waals surface area contributed by atoms with Gasteiger partial charge in [0.1, 0.15) is 5.75 Å². The molecule has 3 aromatic carbocycles. The van der Waals surface area contributed by atoms with E-state index in [4.69, 9.17) is 0 Å². The number of carbonyl (C=O) groups is 1. The molecular weight excluding hydrogens is 396 g/mol. The van der Waals surface area contributed by atoms with Crippen LogP contribution in [0.1, 0.15) is 25.0 Å². The summed E-state index contributed by atoms with van der Waals surface area (Å²) in [5.41, 5.74) is 3.66. The first kappa shape index (κ1) is 22.2. The van der Waals surface area contributed by atoms with Crippen molar-refractivity contribution in [3.63, 3.8) is 0 Å². The van der Waals surface area contributed by atoms with Crippen LogP contribution in [0.15, 0.2) is 78.9 Å². The average Bonchev–Trinajstić information content (AvgIpc) is 2.79. The fraction of sp³-hybridized carbons (Fsp3) is 0.192. The monoisotopic (exact) mass is 421 g/mol. The summed E-state index contributed by atoms with van der Waals surface area (Å²) >= 11 is 0. The van der Waals surface area contributed by atoms with Crippen molar-refractivity contribution in [3.8, 4) is 16.9 Å². The molecule has 0 unspecified atom stereocenters. The molecule has 0 aliphatic heterocycles.